The number of aliphatic imine (C=N–C) groups is 2. The summed E-state index contributed by atoms with van der Waals surface area (Å²) < 4.78 is 4.88. The zero-order chi connectivity index (χ0) is 44.5. The van der Waals surface area contributed by atoms with Crippen molar-refractivity contribution in [2.24, 2.45) is 9.98 Å². The molecule has 5 aliphatic heterocycles. The monoisotopic (exact) mass is 916 g/mol. The van der Waals surface area contributed by atoms with Gasteiger partial charge in [-0.3, -0.25) is 10.3 Å². The van der Waals surface area contributed by atoms with E-state index in [1.165, 1.54) is 46.0 Å². The van der Waals surface area contributed by atoms with Crippen LogP contribution in [0.5, 0.6) is 0 Å². The van der Waals surface area contributed by atoms with Gasteiger partial charge in [0.15, 0.2) is 0 Å². The molecule has 3 aromatic heterocycles. The molecule has 4 unspecified atom stereocenters. The largest absolute Gasteiger partial charge is 0.353 e. The zero-order valence-electron chi connectivity index (χ0n) is 36.4. The number of hydrogen-bond donors (Lipinski definition) is 2. The summed E-state index contributed by atoms with van der Waals surface area (Å²) >= 11 is 5.61. The van der Waals surface area contributed by atoms with Gasteiger partial charge in [0.2, 0.25) is 0 Å². The van der Waals surface area contributed by atoms with Crippen molar-refractivity contribution in [3.63, 3.8) is 0 Å². The number of allylic oxidation sites excluding steroid dienone is 6. The van der Waals surface area contributed by atoms with Crippen LogP contribution in [0, 0.1) is 9.06 Å². The summed E-state index contributed by atoms with van der Waals surface area (Å²) in [5.41, 5.74) is 13.3. The minimum Gasteiger partial charge on any atom is -0.353 e. The van der Waals surface area contributed by atoms with Gasteiger partial charge < -0.3 is 4.98 Å². The van der Waals surface area contributed by atoms with Crippen molar-refractivity contribution in [2.45, 2.75) is 22.6 Å². The minimum absolute atomic E-state index is 0.00488. The smallest absolute Gasteiger partial charge is 0.0872 e. The van der Waals surface area contributed by atoms with E-state index in [0.717, 1.165) is 50.2 Å². The number of thiophene rings is 2. The molecule has 4 atom stereocenters. The topological polar surface area (TPSA) is 52.5 Å². The highest BCUT2D eigenvalue weighted by Crippen LogP contribution is 2.41. The molecule has 12 rings (SSSR count). The van der Waals surface area contributed by atoms with Gasteiger partial charge in [0.05, 0.1) is 50.8 Å². The van der Waals surface area contributed by atoms with E-state index >= 15 is 0 Å². The van der Waals surface area contributed by atoms with Crippen LogP contribution in [0.3, 0.4) is 0 Å². The fraction of sp³-hybridized carbons (Fsp3) is 0.0667. The van der Waals surface area contributed by atoms with Crippen molar-refractivity contribution in [2.75, 3.05) is 0 Å². The summed E-state index contributed by atoms with van der Waals surface area (Å²) in [6, 6.07) is 56.5. The number of fused-ring (bicyclic) bond motifs is 13. The minimum atomic E-state index is -0.123. The second-order valence-corrected chi connectivity index (χ2v) is 20.3. The third-order valence-electron chi connectivity index (χ3n) is 12.6. The maximum atomic E-state index is 5.52. The van der Waals surface area contributed by atoms with Crippen LogP contribution in [0.15, 0.2) is 246 Å². The number of nitrogens with zero attached hydrogens (tertiary/aromatic N) is 2. The second kappa shape index (κ2) is 18.3. The lowest BCUT2D eigenvalue weighted by molar-refractivity contribution is 0.696. The molecule has 0 aliphatic carbocycles. The predicted molar refractivity (Wildman–Crippen MR) is 285 cm³/mol. The van der Waals surface area contributed by atoms with Gasteiger partial charge in [0.1, 0.15) is 0 Å². The van der Waals surface area contributed by atoms with Crippen molar-refractivity contribution >= 4 is 73.8 Å². The number of nitrogens with one attached hydrogen (secondary N) is 2. The van der Waals surface area contributed by atoms with E-state index in [1.54, 1.807) is 0 Å². The molecule has 7 heteroatoms. The number of hydrogen-bond acceptors (Lipinski definition) is 6. The van der Waals surface area contributed by atoms with Gasteiger partial charge in [-0.15, -0.1) is 34.4 Å². The number of benzene rings is 4. The SMILES string of the molecule is C1=CC2NC(C=C1)/C(c1ccccc1)=c1/cc/c(s1)=c1\cc/c(s1)=C(\c1ccccc1)C1=N/C(=c3/cc/c([nH]3)=C(\c3ccccc3)C3C=CC=CC(S3)/C(c3ccccc3)=C3\C=CC2=N3)C=C1. The van der Waals surface area contributed by atoms with Crippen molar-refractivity contribution in [1.29, 1.82) is 0 Å². The van der Waals surface area contributed by atoms with Crippen LogP contribution in [0.1, 0.15) is 22.3 Å². The number of aromatic nitrogens is 1. The zero-order valence-corrected chi connectivity index (χ0v) is 38.8. The van der Waals surface area contributed by atoms with Crippen molar-refractivity contribution in [3.8, 4) is 0 Å². The van der Waals surface area contributed by atoms with Crippen LogP contribution in [0.4, 0.5) is 0 Å². The molecule has 4 nitrogen and oxygen atoms in total. The Balaban J connectivity index is 1.12. The maximum absolute atomic E-state index is 5.52. The van der Waals surface area contributed by atoms with E-state index in [4.69, 9.17) is 9.98 Å². The Morgan fingerprint density at radius 1 is 0.388 bits per heavy atom. The van der Waals surface area contributed by atoms with E-state index in [1.807, 2.05) is 34.4 Å². The molecule has 2 N–H and O–H groups in total. The standard InChI is InChI=1S/C60H44N4S3/c1-5-17-39(18-6-1)57-47-26-14-13-25-43(61-47)44-29-32-48(62-44)58(40-19-7-2-8-20-40)53-27-15-16-28-54(67-53)59(41-21-9-3-10-22-41)49-33-30-45(63-49)46-31-34-50(64-46)60(42-23-11-4-12-24-42)56-38-36-52(66-56)51-35-37-55(57)65-51/h1-38,43,47,53-54,61,63H/b46-45-,52-51-,57-55-,58-48+,59-49-,60-56-. The average molecular weight is 917 g/mol. The Labute approximate surface area is 401 Å². The Kier molecular flexibility index (Phi) is 11.3. The molecule has 322 valence electrons. The molecule has 5 aliphatic rings. The van der Waals surface area contributed by atoms with Gasteiger partial charge in [-0.2, -0.15) is 0 Å². The molecule has 0 saturated heterocycles. The lowest BCUT2D eigenvalue weighted by Crippen LogP contribution is -2.41. The van der Waals surface area contributed by atoms with E-state index in [2.05, 4.69) is 241 Å². The van der Waals surface area contributed by atoms with E-state index < -0.39 is 0 Å². The van der Waals surface area contributed by atoms with Gasteiger partial charge in [0, 0.05) is 34.6 Å². The highest BCUT2D eigenvalue weighted by atomic mass is 32.2. The molecule has 7 aromatic rings. The summed E-state index contributed by atoms with van der Waals surface area (Å²) in [5.74, 6) is 0. The molecule has 0 spiro atoms. The fourth-order valence-electron chi connectivity index (χ4n) is 9.48. The van der Waals surface area contributed by atoms with Gasteiger partial charge in [-0.25, -0.2) is 4.99 Å². The Hall–Kier alpha value is -7.13. The molecular formula is C60H44N4S3. The molecule has 67 heavy (non-hydrogen) atoms. The molecule has 0 amide bonds. The predicted octanol–water partition coefficient (Wildman–Crippen LogP) is 10.3. The van der Waals surface area contributed by atoms with E-state index in [0.29, 0.717) is 0 Å². The first-order valence-corrected chi connectivity index (χ1v) is 25.3. The Bertz CT molecular complexity index is 3690. The van der Waals surface area contributed by atoms with Crippen LogP contribution in [0.2, 0.25) is 0 Å². The average Bonchev–Trinajstić information content (AvgIpc) is 4.24. The van der Waals surface area contributed by atoms with Crippen molar-refractivity contribution in [1.82, 2.24) is 10.3 Å². The second-order valence-electron chi connectivity index (χ2n) is 16.8. The van der Waals surface area contributed by atoms with E-state index in [-0.39, 0.29) is 22.6 Å². The normalized spacial score (nSPS) is 25.8. The summed E-state index contributed by atoms with van der Waals surface area (Å²) in [7, 11) is 0. The molecular weight excluding hydrogens is 873 g/mol. The highest BCUT2D eigenvalue weighted by Gasteiger charge is 2.29. The number of aromatic amines is 1. The van der Waals surface area contributed by atoms with Crippen LogP contribution >= 0.6 is 34.4 Å². The summed E-state index contributed by atoms with van der Waals surface area (Å²) in [6.45, 7) is 0. The number of rotatable bonds is 4. The van der Waals surface area contributed by atoms with Crippen LogP contribution in [0.25, 0.3) is 28.0 Å². The van der Waals surface area contributed by atoms with Crippen LogP contribution in [-0.4, -0.2) is 39.0 Å². The number of thioether (sulfide) groups is 1. The fourth-order valence-corrected chi connectivity index (χ4v) is 13.2. The molecule has 8 heterocycles. The molecule has 0 radical (unpaired) electrons. The van der Waals surface area contributed by atoms with Crippen LogP contribution in [-0.2, 0) is 0 Å². The lowest BCUT2D eigenvalue weighted by Gasteiger charge is -2.24. The summed E-state index contributed by atoms with van der Waals surface area (Å²) in [6.07, 6.45) is 26.7. The third-order valence-corrected chi connectivity index (χ3v) is 16.4. The van der Waals surface area contributed by atoms with Gasteiger partial charge in [-0.1, -0.05) is 170 Å². The highest BCUT2D eigenvalue weighted by molar-refractivity contribution is 8.01. The quantitative estimate of drug-likeness (QED) is 0.185. The van der Waals surface area contributed by atoms with Gasteiger partial charge in [0.25, 0.3) is 0 Å². The first kappa shape index (κ1) is 41.3. The Morgan fingerprint density at radius 3 is 1.60 bits per heavy atom. The van der Waals surface area contributed by atoms with Gasteiger partial charge in [-0.05, 0) is 94.1 Å². The summed E-state index contributed by atoms with van der Waals surface area (Å²) in [4.78, 5) is 14.8. The van der Waals surface area contributed by atoms with Crippen molar-refractivity contribution < 1.29 is 0 Å². The van der Waals surface area contributed by atoms with E-state index in [9.17, 15) is 0 Å². The molecule has 0 saturated carbocycles. The van der Waals surface area contributed by atoms with Gasteiger partial charge >= 0.3 is 0 Å². The van der Waals surface area contributed by atoms with Crippen LogP contribution < -0.4 is 25.1 Å². The first-order valence-electron chi connectivity index (χ1n) is 22.7. The lowest BCUT2D eigenvalue weighted by atomic mass is 9.97. The number of H-pyrrole nitrogens is 1. The summed E-state index contributed by atoms with van der Waals surface area (Å²) in [5, 5.41) is 6.11. The Morgan fingerprint density at radius 2 is 0.910 bits per heavy atom. The molecule has 4 aromatic carbocycles. The third kappa shape index (κ3) is 8.25. The molecule has 14 bridgehead atoms. The maximum Gasteiger partial charge on any atom is 0.0872 e. The molecule has 0 fully saturated rings. The first-order chi connectivity index (χ1) is 33.2. The van der Waals surface area contributed by atoms with Crippen molar-refractivity contribution in [3.05, 3.63) is 287 Å².